The molecule has 12 unspecified atom stereocenters. The molecule has 0 aromatic rings. The first kappa shape index (κ1) is 79.3. The van der Waals surface area contributed by atoms with E-state index in [4.69, 9.17) is 18.9 Å². The number of ether oxygens (including phenoxy) is 4. The number of unbranched alkanes of at least 4 members (excludes halogenated alkanes) is 42. The highest BCUT2D eigenvalue weighted by Gasteiger charge is 2.51. The monoisotopic (exact) mass is 1210 g/mol. The Morgan fingerprint density at radius 1 is 0.412 bits per heavy atom. The molecule has 14 nitrogen and oxygen atoms in total. The van der Waals surface area contributed by atoms with Crippen LogP contribution in [0.4, 0.5) is 0 Å². The fraction of sp³-hybridized carbons (Fsp3) is 0.901. The summed E-state index contributed by atoms with van der Waals surface area (Å²) >= 11 is 0. The van der Waals surface area contributed by atoms with Crippen molar-refractivity contribution in [1.82, 2.24) is 5.32 Å². The summed E-state index contributed by atoms with van der Waals surface area (Å²) in [4.78, 5) is 13.3. The SMILES string of the molecule is CCCCCCCCCC/C=C\CCCCCCCCCCCCCCCCCCCCCC(=O)NC(COC1OC(CO)C(OC2OC(CO)C(O)C(O)C2O)C(O)C1O)C(O)/C=C/CC/C=C/CCCCCCCCCCCCCCCC. The summed E-state index contributed by atoms with van der Waals surface area (Å²) in [5.41, 5.74) is 0. The van der Waals surface area contributed by atoms with Gasteiger partial charge in [-0.25, -0.2) is 0 Å². The number of carbonyl (C=O) groups excluding carboxylic acids is 1. The Morgan fingerprint density at radius 2 is 0.753 bits per heavy atom. The van der Waals surface area contributed by atoms with Crippen LogP contribution in [0.3, 0.4) is 0 Å². The Hall–Kier alpha value is -1.79. The van der Waals surface area contributed by atoms with Crippen molar-refractivity contribution in [1.29, 1.82) is 0 Å². The van der Waals surface area contributed by atoms with Crippen molar-refractivity contribution in [2.24, 2.45) is 0 Å². The number of aliphatic hydroxyl groups excluding tert-OH is 8. The molecule has 0 aliphatic carbocycles. The Balaban J connectivity index is 1.66. The van der Waals surface area contributed by atoms with E-state index < -0.39 is 86.8 Å². The maximum Gasteiger partial charge on any atom is 0.220 e. The summed E-state index contributed by atoms with van der Waals surface area (Å²) in [5, 5.41) is 87.4. The number of allylic oxidation sites excluding steroid dienone is 5. The Morgan fingerprint density at radius 3 is 1.15 bits per heavy atom. The largest absolute Gasteiger partial charge is 0.394 e. The first-order valence-corrected chi connectivity index (χ1v) is 35.7. The number of rotatable bonds is 59. The van der Waals surface area contributed by atoms with Crippen LogP contribution in [0, 0.1) is 0 Å². The van der Waals surface area contributed by atoms with Crippen molar-refractivity contribution in [2.75, 3.05) is 19.8 Å². The van der Waals surface area contributed by atoms with E-state index in [0.29, 0.717) is 12.8 Å². The molecule has 500 valence electrons. The van der Waals surface area contributed by atoms with Crippen molar-refractivity contribution < 1.29 is 64.6 Å². The Labute approximate surface area is 519 Å². The van der Waals surface area contributed by atoms with Gasteiger partial charge in [-0.05, 0) is 57.8 Å². The lowest BCUT2D eigenvalue weighted by molar-refractivity contribution is -0.359. The molecular formula is C71H133NO13. The molecule has 9 N–H and O–H groups in total. The third-order valence-electron chi connectivity index (χ3n) is 17.5. The maximum absolute atomic E-state index is 13.3. The van der Waals surface area contributed by atoms with Crippen LogP contribution in [0.15, 0.2) is 36.5 Å². The lowest BCUT2D eigenvalue weighted by Crippen LogP contribution is -2.65. The lowest BCUT2D eigenvalue weighted by atomic mass is 9.97. The topological polar surface area (TPSA) is 228 Å². The second-order valence-corrected chi connectivity index (χ2v) is 25.4. The maximum atomic E-state index is 13.3. The summed E-state index contributed by atoms with van der Waals surface area (Å²) < 4.78 is 22.8. The zero-order chi connectivity index (χ0) is 61.6. The highest BCUT2D eigenvalue weighted by atomic mass is 16.7. The Kier molecular flexibility index (Phi) is 52.4. The smallest absolute Gasteiger partial charge is 0.220 e. The number of hydrogen-bond acceptors (Lipinski definition) is 13. The summed E-state index contributed by atoms with van der Waals surface area (Å²) in [6.45, 7) is 2.82. The number of amides is 1. The molecule has 12 atom stereocenters. The lowest BCUT2D eigenvalue weighted by Gasteiger charge is -2.46. The van der Waals surface area contributed by atoms with Crippen molar-refractivity contribution in [3.63, 3.8) is 0 Å². The molecule has 2 aliphatic heterocycles. The molecule has 0 saturated carbocycles. The van der Waals surface area contributed by atoms with Crippen molar-refractivity contribution in [3.8, 4) is 0 Å². The normalized spacial score (nSPS) is 23.7. The van der Waals surface area contributed by atoms with Crippen LogP contribution in [-0.2, 0) is 23.7 Å². The van der Waals surface area contributed by atoms with E-state index in [1.54, 1.807) is 6.08 Å². The summed E-state index contributed by atoms with van der Waals surface area (Å²) in [6, 6.07) is -0.931. The van der Waals surface area contributed by atoms with Gasteiger partial charge in [-0.3, -0.25) is 4.79 Å². The second-order valence-electron chi connectivity index (χ2n) is 25.4. The molecule has 14 heteroatoms. The summed E-state index contributed by atoms with van der Waals surface area (Å²) in [6.07, 6.45) is 55.0. The fourth-order valence-electron chi connectivity index (χ4n) is 11.8. The van der Waals surface area contributed by atoms with E-state index in [2.05, 4.69) is 43.5 Å². The van der Waals surface area contributed by atoms with Crippen LogP contribution in [-0.4, -0.2) is 140 Å². The van der Waals surface area contributed by atoms with Gasteiger partial charge in [0.15, 0.2) is 12.6 Å². The van der Waals surface area contributed by atoms with E-state index >= 15 is 0 Å². The molecule has 0 radical (unpaired) electrons. The van der Waals surface area contributed by atoms with Gasteiger partial charge < -0.3 is 65.1 Å². The van der Waals surface area contributed by atoms with Gasteiger partial charge in [-0.15, -0.1) is 0 Å². The summed E-state index contributed by atoms with van der Waals surface area (Å²) in [5.74, 6) is -0.243. The highest BCUT2D eigenvalue weighted by Crippen LogP contribution is 2.30. The quantitative estimate of drug-likeness (QED) is 0.0204. The van der Waals surface area contributed by atoms with Crippen LogP contribution in [0.1, 0.15) is 316 Å². The average molecular weight is 1210 g/mol. The van der Waals surface area contributed by atoms with Crippen LogP contribution >= 0.6 is 0 Å². The van der Waals surface area contributed by atoms with Gasteiger partial charge in [0.05, 0.1) is 32.0 Å². The molecule has 2 aliphatic rings. The fourth-order valence-corrected chi connectivity index (χ4v) is 11.8. The average Bonchev–Trinajstić information content (AvgIpc) is 3.68. The number of carbonyl (C=O) groups is 1. The number of nitrogens with one attached hydrogen (secondary N) is 1. The van der Waals surface area contributed by atoms with Crippen molar-refractivity contribution in [3.05, 3.63) is 36.5 Å². The molecule has 0 aromatic carbocycles. The highest BCUT2D eigenvalue weighted by molar-refractivity contribution is 5.76. The van der Waals surface area contributed by atoms with Gasteiger partial charge in [-0.2, -0.15) is 0 Å². The van der Waals surface area contributed by atoms with Crippen molar-refractivity contribution >= 4 is 5.91 Å². The van der Waals surface area contributed by atoms with Gasteiger partial charge >= 0.3 is 0 Å². The molecule has 85 heavy (non-hydrogen) atoms. The van der Waals surface area contributed by atoms with Gasteiger partial charge in [-0.1, -0.05) is 288 Å². The second kappa shape index (κ2) is 56.2. The van der Waals surface area contributed by atoms with Crippen LogP contribution in [0.25, 0.3) is 0 Å². The van der Waals surface area contributed by atoms with Crippen molar-refractivity contribution in [2.45, 2.75) is 389 Å². The number of aliphatic hydroxyl groups is 8. The van der Waals surface area contributed by atoms with E-state index in [0.717, 1.165) is 32.1 Å². The van der Waals surface area contributed by atoms with Crippen LogP contribution in [0.2, 0.25) is 0 Å². The van der Waals surface area contributed by atoms with Gasteiger partial charge in [0.2, 0.25) is 5.91 Å². The van der Waals surface area contributed by atoms with E-state index in [9.17, 15) is 45.6 Å². The van der Waals surface area contributed by atoms with Gasteiger partial charge in [0.1, 0.15) is 48.8 Å². The third kappa shape index (κ3) is 40.5. The molecule has 2 saturated heterocycles. The minimum Gasteiger partial charge on any atom is -0.394 e. The third-order valence-corrected chi connectivity index (χ3v) is 17.5. The minimum atomic E-state index is -1.79. The van der Waals surface area contributed by atoms with Gasteiger partial charge in [0, 0.05) is 6.42 Å². The molecule has 2 fully saturated rings. The zero-order valence-electron chi connectivity index (χ0n) is 54.4. The van der Waals surface area contributed by atoms with Gasteiger partial charge in [0.25, 0.3) is 0 Å². The van der Waals surface area contributed by atoms with Crippen LogP contribution in [0.5, 0.6) is 0 Å². The molecule has 0 aromatic heterocycles. The first-order valence-electron chi connectivity index (χ1n) is 35.7. The van der Waals surface area contributed by atoms with E-state index in [1.807, 2.05) is 6.08 Å². The Bertz CT molecular complexity index is 1560. The molecule has 1 amide bonds. The first-order chi connectivity index (χ1) is 41.6. The minimum absolute atomic E-state index is 0.243. The predicted molar refractivity (Wildman–Crippen MR) is 346 cm³/mol. The van der Waals surface area contributed by atoms with E-state index in [1.165, 1.54) is 250 Å². The molecule has 0 spiro atoms. The van der Waals surface area contributed by atoms with Crippen LogP contribution < -0.4 is 5.32 Å². The molecule has 2 heterocycles. The standard InChI is InChI=1S/C71H133NO13/c1-3-5-7-9-11-13-15-17-19-21-23-25-26-27-28-29-30-31-32-33-34-35-37-39-41-43-45-47-49-51-53-55-63(76)72-59(60(75)54-52-50-48-46-44-42-40-38-36-24-22-20-18-16-14-12-10-8-6-4-2)58-82-70-68(81)66(79)69(62(57-74)84-70)85-71-67(80)65(78)64(77)61(56-73)83-71/h21,23,44,46,52,54,59-62,64-71,73-75,77-81H,3-20,22,24-43,45,47-51,53,55-58H2,1-2H3,(H,72,76)/b23-21-,46-44+,54-52+. The predicted octanol–water partition coefficient (Wildman–Crippen LogP) is 14.5. The molecule has 2 rings (SSSR count). The summed E-state index contributed by atoms with van der Waals surface area (Å²) in [7, 11) is 0. The zero-order valence-corrected chi connectivity index (χ0v) is 54.4. The van der Waals surface area contributed by atoms with E-state index in [-0.39, 0.29) is 18.9 Å². The molecular weight excluding hydrogens is 1070 g/mol. The molecule has 0 bridgehead atoms. The number of hydrogen-bond donors (Lipinski definition) is 9.